The van der Waals surface area contributed by atoms with Gasteiger partial charge in [-0.1, -0.05) is 36.4 Å². The van der Waals surface area contributed by atoms with Crippen LogP contribution in [-0.4, -0.2) is 59.5 Å². The molecule has 3 aromatic rings. The highest BCUT2D eigenvalue weighted by Crippen LogP contribution is 2.32. The summed E-state index contributed by atoms with van der Waals surface area (Å²) in [6, 6.07) is 19.2. The van der Waals surface area contributed by atoms with Crippen LogP contribution in [-0.2, 0) is 16.1 Å². The molecule has 0 radical (unpaired) electrons. The molecule has 0 N–H and O–H groups in total. The minimum Gasteiger partial charge on any atom is -0.383 e. The molecule has 1 aliphatic rings. The molecule has 0 saturated carbocycles. The van der Waals surface area contributed by atoms with Crippen LogP contribution in [0.4, 0.5) is 4.39 Å². The smallest absolute Gasteiger partial charge is 0.254 e. The molecule has 0 spiro atoms. The molecule has 7 heteroatoms. The lowest BCUT2D eigenvalue weighted by Gasteiger charge is -2.38. The van der Waals surface area contributed by atoms with Gasteiger partial charge in [-0.3, -0.25) is 9.59 Å². The number of carbonyl (C=O) groups excluding carboxylic acids is 2. The third kappa shape index (κ3) is 4.57. The molecule has 1 unspecified atom stereocenters. The van der Waals surface area contributed by atoms with Gasteiger partial charge < -0.3 is 19.1 Å². The van der Waals surface area contributed by atoms with Gasteiger partial charge in [-0.15, -0.1) is 0 Å². The maximum absolute atomic E-state index is 13.7. The Labute approximate surface area is 186 Å². The lowest BCUT2D eigenvalue weighted by atomic mass is 10.00. The number of rotatable bonds is 7. The van der Waals surface area contributed by atoms with E-state index in [4.69, 9.17) is 4.74 Å². The Hall–Kier alpha value is -3.45. The Morgan fingerprint density at radius 3 is 2.62 bits per heavy atom. The Kier molecular flexibility index (Phi) is 6.66. The number of carbonyl (C=O) groups is 2. The summed E-state index contributed by atoms with van der Waals surface area (Å²) < 4.78 is 21.0. The van der Waals surface area contributed by atoms with Gasteiger partial charge in [-0.25, -0.2) is 4.39 Å². The predicted molar refractivity (Wildman–Crippen MR) is 119 cm³/mol. The topological polar surface area (TPSA) is 54.8 Å². The second-order valence-corrected chi connectivity index (χ2v) is 7.76. The lowest BCUT2D eigenvalue weighted by molar-refractivity contribution is -0.134. The maximum atomic E-state index is 13.7. The van der Waals surface area contributed by atoms with E-state index in [9.17, 15) is 14.0 Å². The third-order valence-electron chi connectivity index (χ3n) is 5.72. The number of methoxy groups -OCH3 is 1. The van der Waals surface area contributed by atoms with Gasteiger partial charge in [0.2, 0.25) is 5.91 Å². The van der Waals surface area contributed by atoms with Crippen LogP contribution < -0.4 is 0 Å². The van der Waals surface area contributed by atoms with Gasteiger partial charge in [0.15, 0.2) is 0 Å². The van der Waals surface area contributed by atoms with Crippen molar-refractivity contribution in [1.29, 1.82) is 0 Å². The van der Waals surface area contributed by atoms with Gasteiger partial charge in [-0.2, -0.15) is 0 Å². The minimum atomic E-state index is -0.491. The molecule has 6 nitrogen and oxygen atoms in total. The molecule has 0 saturated heterocycles. The average molecular weight is 435 g/mol. The predicted octanol–water partition coefficient (Wildman–Crippen LogP) is 3.35. The number of aromatic nitrogens is 1. The maximum Gasteiger partial charge on any atom is 0.254 e. The van der Waals surface area contributed by atoms with Crippen LogP contribution in [0.2, 0.25) is 0 Å². The first-order valence-corrected chi connectivity index (χ1v) is 10.6. The molecule has 0 fully saturated rings. The molecule has 2 heterocycles. The molecule has 32 heavy (non-hydrogen) atoms. The van der Waals surface area contributed by atoms with Crippen LogP contribution in [0.1, 0.15) is 27.7 Å². The number of halogens is 1. The summed E-state index contributed by atoms with van der Waals surface area (Å²) in [6.45, 7) is 1.62. The fourth-order valence-corrected chi connectivity index (χ4v) is 4.15. The van der Waals surface area contributed by atoms with E-state index in [1.807, 2.05) is 53.6 Å². The SMILES string of the molecule is COCCN(CC(=O)N1CCn2cccc2C1c1ccccc1)C(=O)c1cccc(F)c1. The fraction of sp³-hybridized carbons (Fsp3) is 0.280. The summed E-state index contributed by atoms with van der Waals surface area (Å²) in [7, 11) is 1.54. The summed E-state index contributed by atoms with van der Waals surface area (Å²) in [6.07, 6.45) is 2.02. The Bertz CT molecular complexity index is 1080. The highest BCUT2D eigenvalue weighted by Gasteiger charge is 2.33. The van der Waals surface area contributed by atoms with Crippen LogP contribution in [0, 0.1) is 5.82 Å². The van der Waals surface area contributed by atoms with Crippen LogP contribution in [0.25, 0.3) is 0 Å². The molecule has 0 aliphatic carbocycles. The lowest BCUT2D eigenvalue weighted by Crippen LogP contribution is -2.48. The van der Waals surface area contributed by atoms with E-state index in [1.54, 1.807) is 6.07 Å². The Morgan fingerprint density at radius 1 is 1.06 bits per heavy atom. The fourth-order valence-electron chi connectivity index (χ4n) is 4.15. The first-order chi connectivity index (χ1) is 15.6. The molecule has 4 rings (SSSR count). The van der Waals surface area contributed by atoms with Crippen molar-refractivity contribution in [3.63, 3.8) is 0 Å². The monoisotopic (exact) mass is 435 g/mol. The number of ether oxygens (including phenoxy) is 1. The van der Waals surface area contributed by atoms with Gasteiger partial charge in [0, 0.05) is 44.2 Å². The van der Waals surface area contributed by atoms with E-state index in [0.717, 1.165) is 11.3 Å². The normalized spacial score (nSPS) is 15.3. The number of hydrogen-bond donors (Lipinski definition) is 0. The first-order valence-electron chi connectivity index (χ1n) is 10.6. The van der Waals surface area contributed by atoms with Gasteiger partial charge in [-0.05, 0) is 35.9 Å². The van der Waals surface area contributed by atoms with E-state index in [2.05, 4.69) is 4.57 Å². The van der Waals surface area contributed by atoms with Gasteiger partial charge in [0.25, 0.3) is 5.91 Å². The molecule has 1 aromatic heterocycles. The van der Waals surface area contributed by atoms with Crippen LogP contribution >= 0.6 is 0 Å². The average Bonchev–Trinajstić information content (AvgIpc) is 3.30. The zero-order chi connectivity index (χ0) is 22.5. The van der Waals surface area contributed by atoms with Crippen molar-refractivity contribution in [1.82, 2.24) is 14.4 Å². The summed E-state index contributed by atoms with van der Waals surface area (Å²) in [5.74, 6) is -1.05. The number of amides is 2. The number of fused-ring (bicyclic) bond motifs is 1. The molecule has 0 bridgehead atoms. The zero-order valence-corrected chi connectivity index (χ0v) is 18.0. The van der Waals surface area contributed by atoms with Crippen LogP contribution in [0.15, 0.2) is 72.9 Å². The van der Waals surface area contributed by atoms with Crippen molar-refractivity contribution in [3.8, 4) is 0 Å². The summed E-state index contributed by atoms with van der Waals surface area (Å²) in [4.78, 5) is 29.8. The Morgan fingerprint density at radius 2 is 1.88 bits per heavy atom. The van der Waals surface area contributed by atoms with Gasteiger partial charge in [0.1, 0.15) is 12.4 Å². The standard InChI is InChI=1S/C25H26FN3O3/c1-32-16-15-28(25(31)20-9-5-10-21(26)17-20)18-23(30)29-14-13-27-12-6-11-22(27)24(29)19-7-3-2-4-8-19/h2-12,17,24H,13-16,18H2,1H3. The van der Waals surface area contributed by atoms with Crippen molar-refractivity contribution in [2.75, 3.05) is 33.4 Å². The number of hydrogen-bond acceptors (Lipinski definition) is 3. The second-order valence-electron chi connectivity index (χ2n) is 7.76. The highest BCUT2D eigenvalue weighted by atomic mass is 19.1. The van der Waals surface area contributed by atoms with Gasteiger partial charge in [0.05, 0.1) is 12.6 Å². The van der Waals surface area contributed by atoms with Gasteiger partial charge >= 0.3 is 0 Å². The van der Waals surface area contributed by atoms with E-state index in [-0.39, 0.29) is 37.2 Å². The highest BCUT2D eigenvalue weighted by molar-refractivity contribution is 5.96. The van der Waals surface area contributed by atoms with E-state index in [0.29, 0.717) is 13.1 Å². The molecular weight excluding hydrogens is 409 g/mol. The van der Waals surface area contributed by atoms with E-state index in [1.165, 1.54) is 30.2 Å². The number of benzene rings is 2. The van der Waals surface area contributed by atoms with Crippen molar-refractivity contribution in [3.05, 3.63) is 95.6 Å². The Balaban J connectivity index is 1.60. The van der Waals surface area contributed by atoms with E-state index < -0.39 is 11.7 Å². The molecule has 1 atom stereocenters. The van der Waals surface area contributed by atoms with E-state index >= 15 is 0 Å². The minimum absolute atomic E-state index is 0.108. The molecular formula is C25H26FN3O3. The van der Waals surface area contributed by atoms with Crippen LogP contribution in [0.3, 0.4) is 0 Å². The molecule has 2 aromatic carbocycles. The van der Waals surface area contributed by atoms with Crippen LogP contribution in [0.5, 0.6) is 0 Å². The quantitative estimate of drug-likeness (QED) is 0.572. The summed E-state index contributed by atoms with van der Waals surface area (Å²) in [5.41, 5.74) is 2.26. The van der Waals surface area contributed by atoms with Crippen molar-refractivity contribution in [2.45, 2.75) is 12.6 Å². The number of nitrogens with zero attached hydrogens (tertiary/aromatic N) is 3. The largest absolute Gasteiger partial charge is 0.383 e. The van der Waals surface area contributed by atoms with Crippen molar-refractivity contribution < 1.29 is 18.7 Å². The second kappa shape index (κ2) is 9.78. The zero-order valence-electron chi connectivity index (χ0n) is 18.0. The summed E-state index contributed by atoms with van der Waals surface area (Å²) in [5, 5.41) is 0. The van der Waals surface area contributed by atoms with Crippen molar-refractivity contribution >= 4 is 11.8 Å². The molecule has 2 amide bonds. The first kappa shape index (κ1) is 21.8. The summed E-state index contributed by atoms with van der Waals surface area (Å²) >= 11 is 0. The molecule has 1 aliphatic heterocycles. The third-order valence-corrected chi connectivity index (χ3v) is 5.72. The molecule has 166 valence electrons. The van der Waals surface area contributed by atoms with Crippen molar-refractivity contribution in [2.24, 2.45) is 0 Å².